The summed E-state index contributed by atoms with van der Waals surface area (Å²) < 4.78 is 5.90. The molecule has 2 aromatic rings. The number of morpholine rings is 1. The fraction of sp³-hybridized carbons (Fsp3) is 0.565. The molecule has 2 amide bonds. The normalized spacial score (nSPS) is 25.3. The predicted octanol–water partition coefficient (Wildman–Crippen LogP) is 2.10. The Bertz CT molecular complexity index is 883. The number of aromatic amines is 1. The minimum atomic E-state index is 0.0374. The lowest BCUT2D eigenvalue weighted by Gasteiger charge is -2.44. The van der Waals surface area contributed by atoms with Crippen molar-refractivity contribution in [1.29, 1.82) is 0 Å². The molecule has 5 rings (SSSR count). The number of ether oxygens (including phenoxy) is 1. The van der Waals surface area contributed by atoms with E-state index in [1.54, 1.807) is 0 Å². The van der Waals surface area contributed by atoms with Crippen molar-refractivity contribution in [2.75, 3.05) is 45.9 Å². The van der Waals surface area contributed by atoms with Crippen molar-refractivity contribution < 1.29 is 14.3 Å². The highest BCUT2D eigenvalue weighted by molar-refractivity contribution is 5.98. The molecule has 1 aromatic heterocycles. The van der Waals surface area contributed by atoms with Crippen LogP contribution in [0.25, 0.3) is 10.9 Å². The summed E-state index contributed by atoms with van der Waals surface area (Å²) in [5, 5.41) is 1.05. The standard InChI is InChI=1S/C23H30N4O3/c28-22(27-13-14-30-21-8-4-3-7-20(21)27)16-25-9-11-26(12-10-25)23(29)19-15-17-5-1-2-6-18(17)24-19/h1-2,5-6,15,20-21,24H,3-4,7-14,16H2. The highest BCUT2D eigenvalue weighted by atomic mass is 16.5. The maximum atomic E-state index is 13.0. The molecule has 30 heavy (non-hydrogen) atoms. The number of amides is 2. The quantitative estimate of drug-likeness (QED) is 0.841. The van der Waals surface area contributed by atoms with E-state index < -0.39 is 0 Å². The van der Waals surface area contributed by atoms with Gasteiger partial charge in [0.15, 0.2) is 0 Å². The van der Waals surface area contributed by atoms with E-state index >= 15 is 0 Å². The fourth-order valence-corrected chi connectivity index (χ4v) is 5.16. The highest BCUT2D eigenvalue weighted by Crippen LogP contribution is 2.28. The molecule has 0 bridgehead atoms. The van der Waals surface area contributed by atoms with Crippen molar-refractivity contribution >= 4 is 22.7 Å². The smallest absolute Gasteiger partial charge is 0.270 e. The minimum Gasteiger partial charge on any atom is -0.374 e. The van der Waals surface area contributed by atoms with Crippen LogP contribution < -0.4 is 0 Å². The van der Waals surface area contributed by atoms with Gasteiger partial charge in [-0.15, -0.1) is 0 Å². The first-order chi connectivity index (χ1) is 14.7. The summed E-state index contributed by atoms with van der Waals surface area (Å²) in [6.45, 7) is 4.57. The Labute approximate surface area is 176 Å². The fourth-order valence-electron chi connectivity index (χ4n) is 5.16. The number of para-hydroxylation sites is 1. The molecule has 0 radical (unpaired) electrons. The molecular weight excluding hydrogens is 380 g/mol. The van der Waals surface area contributed by atoms with Crippen LogP contribution in [0.3, 0.4) is 0 Å². The zero-order valence-corrected chi connectivity index (χ0v) is 17.4. The average Bonchev–Trinajstić information content (AvgIpc) is 3.23. The van der Waals surface area contributed by atoms with E-state index in [2.05, 4.69) is 14.8 Å². The molecule has 7 nitrogen and oxygen atoms in total. The second-order valence-corrected chi connectivity index (χ2v) is 8.69. The van der Waals surface area contributed by atoms with Crippen LogP contribution in [0.15, 0.2) is 30.3 Å². The highest BCUT2D eigenvalue weighted by Gasteiger charge is 2.37. The largest absolute Gasteiger partial charge is 0.374 e. The van der Waals surface area contributed by atoms with Gasteiger partial charge >= 0.3 is 0 Å². The Hall–Kier alpha value is -2.38. The molecule has 2 atom stereocenters. The van der Waals surface area contributed by atoms with E-state index in [1.807, 2.05) is 35.2 Å². The first-order valence-electron chi connectivity index (χ1n) is 11.2. The maximum absolute atomic E-state index is 13.0. The van der Waals surface area contributed by atoms with Crippen molar-refractivity contribution in [2.24, 2.45) is 0 Å². The van der Waals surface area contributed by atoms with Gasteiger partial charge in [0.05, 0.1) is 25.3 Å². The molecule has 7 heteroatoms. The minimum absolute atomic E-state index is 0.0374. The molecule has 2 saturated heterocycles. The zero-order valence-electron chi connectivity index (χ0n) is 17.4. The number of piperazine rings is 1. The SMILES string of the molecule is O=C(c1cc2ccccc2[nH]1)N1CCN(CC(=O)N2CCOC3CCCCC32)CC1. The number of rotatable bonds is 3. The summed E-state index contributed by atoms with van der Waals surface area (Å²) in [6.07, 6.45) is 4.74. The van der Waals surface area contributed by atoms with Gasteiger partial charge in [0, 0.05) is 43.6 Å². The lowest BCUT2D eigenvalue weighted by molar-refractivity contribution is -0.150. The number of nitrogens with zero attached hydrogens (tertiary/aromatic N) is 3. The van der Waals surface area contributed by atoms with Crippen molar-refractivity contribution in [1.82, 2.24) is 19.7 Å². The molecule has 1 aromatic carbocycles. The number of benzene rings is 1. The first-order valence-corrected chi connectivity index (χ1v) is 11.2. The number of H-pyrrole nitrogens is 1. The van der Waals surface area contributed by atoms with Gasteiger partial charge in [0.1, 0.15) is 5.69 Å². The number of hydrogen-bond acceptors (Lipinski definition) is 4. The monoisotopic (exact) mass is 410 g/mol. The Balaban J connectivity index is 1.16. The summed E-state index contributed by atoms with van der Waals surface area (Å²) >= 11 is 0. The molecule has 3 aliphatic rings. The number of hydrogen-bond donors (Lipinski definition) is 1. The Morgan fingerprint density at radius 2 is 1.83 bits per heavy atom. The van der Waals surface area contributed by atoms with Gasteiger partial charge in [0.2, 0.25) is 5.91 Å². The van der Waals surface area contributed by atoms with Gasteiger partial charge in [-0.25, -0.2) is 0 Å². The zero-order chi connectivity index (χ0) is 20.5. The van der Waals surface area contributed by atoms with E-state index in [0.717, 1.165) is 36.8 Å². The van der Waals surface area contributed by atoms with Crippen LogP contribution in [0.1, 0.15) is 36.2 Å². The van der Waals surface area contributed by atoms with E-state index in [4.69, 9.17) is 4.74 Å². The molecule has 2 aliphatic heterocycles. The molecule has 1 N–H and O–H groups in total. The second-order valence-electron chi connectivity index (χ2n) is 8.69. The lowest BCUT2D eigenvalue weighted by Crippen LogP contribution is -2.58. The molecule has 1 saturated carbocycles. The topological polar surface area (TPSA) is 68.9 Å². The molecular formula is C23H30N4O3. The molecule has 1 aliphatic carbocycles. The Kier molecular flexibility index (Phi) is 5.48. The summed E-state index contributed by atoms with van der Waals surface area (Å²) in [7, 11) is 0. The van der Waals surface area contributed by atoms with Crippen LogP contribution >= 0.6 is 0 Å². The van der Waals surface area contributed by atoms with Gasteiger partial charge in [-0.1, -0.05) is 31.0 Å². The van der Waals surface area contributed by atoms with Crippen molar-refractivity contribution in [3.05, 3.63) is 36.0 Å². The average molecular weight is 411 g/mol. The number of carbonyl (C=O) groups excluding carboxylic acids is 2. The van der Waals surface area contributed by atoms with Gasteiger partial charge in [-0.2, -0.15) is 0 Å². The Morgan fingerprint density at radius 1 is 1.03 bits per heavy atom. The maximum Gasteiger partial charge on any atom is 0.270 e. The van der Waals surface area contributed by atoms with Crippen LogP contribution in [0, 0.1) is 0 Å². The van der Waals surface area contributed by atoms with Crippen LogP contribution in [0.5, 0.6) is 0 Å². The van der Waals surface area contributed by atoms with Gasteiger partial charge in [-0.05, 0) is 25.0 Å². The van der Waals surface area contributed by atoms with Crippen molar-refractivity contribution in [2.45, 2.75) is 37.8 Å². The van der Waals surface area contributed by atoms with Gasteiger partial charge < -0.3 is 19.5 Å². The molecule has 160 valence electrons. The van der Waals surface area contributed by atoms with Crippen LogP contribution in [-0.2, 0) is 9.53 Å². The second kappa shape index (κ2) is 8.40. The number of fused-ring (bicyclic) bond motifs is 2. The van der Waals surface area contributed by atoms with Crippen molar-refractivity contribution in [3.8, 4) is 0 Å². The van der Waals surface area contributed by atoms with E-state index in [1.165, 1.54) is 12.8 Å². The number of nitrogens with one attached hydrogen (secondary N) is 1. The summed E-state index contributed by atoms with van der Waals surface area (Å²) in [5.74, 6) is 0.251. The van der Waals surface area contributed by atoms with E-state index in [0.29, 0.717) is 38.5 Å². The Morgan fingerprint density at radius 3 is 2.67 bits per heavy atom. The van der Waals surface area contributed by atoms with E-state index in [-0.39, 0.29) is 24.0 Å². The van der Waals surface area contributed by atoms with Crippen molar-refractivity contribution in [3.63, 3.8) is 0 Å². The molecule has 2 unspecified atom stereocenters. The third kappa shape index (κ3) is 3.84. The summed E-state index contributed by atoms with van der Waals surface area (Å²) in [4.78, 5) is 35.3. The third-order valence-corrected chi connectivity index (χ3v) is 6.83. The lowest BCUT2D eigenvalue weighted by atomic mass is 9.90. The summed E-state index contributed by atoms with van der Waals surface area (Å²) in [5.41, 5.74) is 1.62. The predicted molar refractivity (Wildman–Crippen MR) is 114 cm³/mol. The van der Waals surface area contributed by atoms with Gasteiger partial charge in [0.25, 0.3) is 5.91 Å². The molecule has 3 fully saturated rings. The first kappa shape index (κ1) is 19.6. The number of aromatic nitrogens is 1. The number of carbonyl (C=O) groups is 2. The molecule has 0 spiro atoms. The van der Waals surface area contributed by atoms with Crippen LogP contribution in [0.2, 0.25) is 0 Å². The van der Waals surface area contributed by atoms with Crippen LogP contribution in [-0.4, -0.2) is 89.5 Å². The van der Waals surface area contributed by atoms with Crippen LogP contribution in [0.4, 0.5) is 0 Å². The summed E-state index contributed by atoms with van der Waals surface area (Å²) in [6, 6.07) is 10.1. The third-order valence-electron chi connectivity index (χ3n) is 6.83. The van der Waals surface area contributed by atoms with Gasteiger partial charge in [-0.3, -0.25) is 14.5 Å². The molecule has 3 heterocycles. The van der Waals surface area contributed by atoms with E-state index in [9.17, 15) is 9.59 Å².